The van der Waals surface area contributed by atoms with Crippen LogP contribution in [0.25, 0.3) is 0 Å². The summed E-state index contributed by atoms with van der Waals surface area (Å²) in [5.74, 6) is -0.473. The van der Waals surface area contributed by atoms with Crippen molar-refractivity contribution in [2.45, 2.75) is 110 Å². The van der Waals surface area contributed by atoms with Gasteiger partial charge in [0, 0.05) is 68.3 Å². The lowest BCUT2D eigenvalue weighted by molar-refractivity contribution is -0.149. The minimum Gasteiger partial charge on any atom is -0.395 e. The smallest absolute Gasteiger partial charge is 0.245 e. The fourth-order valence-electron chi connectivity index (χ4n) is 8.30. The number of hydrogen-bond donors (Lipinski definition) is 1. The Morgan fingerprint density at radius 3 is 2.06 bits per heavy atom. The van der Waals surface area contributed by atoms with Crippen LogP contribution in [-0.4, -0.2) is 130 Å². The summed E-state index contributed by atoms with van der Waals surface area (Å²) in [6, 6.07) is 6.92. The quantitative estimate of drug-likeness (QED) is 0.448. The zero-order valence-corrected chi connectivity index (χ0v) is 31.4. The van der Waals surface area contributed by atoms with Crippen LogP contribution in [0.3, 0.4) is 0 Å². The van der Waals surface area contributed by atoms with Crippen LogP contribution in [-0.2, 0) is 14.4 Å². The van der Waals surface area contributed by atoms with Crippen molar-refractivity contribution in [3.8, 4) is 0 Å². The van der Waals surface area contributed by atoms with E-state index in [-0.39, 0.29) is 59.2 Å². The van der Waals surface area contributed by atoms with Crippen LogP contribution in [0.5, 0.6) is 0 Å². The van der Waals surface area contributed by atoms with E-state index >= 15 is 4.79 Å². The normalized spacial score (nSPS) is 27.8. The zero-order chi connectivity index (χ0) is 35.2. The van der Waals surface area contributed by atoms with Gasteiger partial charge in [0.2, 0.25) is 17.7 Å². The Morgan fingerprint density at radius 2 is 1.50 bits per heavy atom. The number of nitrogens with zero attached hydrogens (tertiary/aromatic N) is 5. The summed E-state index contributed by atoms with van der Waals surface area (Å²) in [6.45, 7) is 19.0. The molecular weight excluding hydrogens is 626 g/mol. The number of rotatable bonds is 7. The molecule has 5 rings (SSSR count). The Balaban J connectivity index is 1.50. The number of halogens is 1. The first-order valence-corrected chi connectivity index (χ1v) is 18.5. The third-order valence-electron chi connectivity index (χ3n) is 11.9. The fraction of sp³-hybridized carbons (Fsp3) is 0.763. The van der Waals surface area contributed by atoms with Gasteiger partial charge in [-0.3, -0.25) is 19.3 Å². The molecule has 1 aromatic rings. The summed E-state index contributed by atoms with van der Waals surface area (Å²) in [5.41, 5.74) is 0.206. The van der Waals surface area contributed by atoms with Gasteiger partial charge in [-0.25, -0.2) is 0 Å². The van der Waals surface area contributed by atoms with Crippen LogP contribution in [0.1, 0.15) is 92.1 Å². The number of aliphatic hydroxyl groups excluding tert-OH is 1. The van der Waals surface area contributed by atoms with Gasteiger partial charge in [-0.2, -0.15) is 0 Å². The van der Waals surface area contributed by atoms with Gasteiger partial charge in [0.15, 0.2) is 0 Å². The SMILES string of the molecule is CN1CCN(C(=O)[C@@H]2CC(N(C(=O)C(C)(C)CO)C3CCC(C)(C)CC3)CN2C(=O)[C@@H]2CN(C(C)(C)C)C[C@H]2c2ccc(Cl)cc2)CC1. The number of benzene rings is 1. The van der Waals surface area contributed by atoms with Gasteiger partial charge in [-0.15, -0.1) is 0 Å². The Kier molecular flexibility index (Phi) is 11.0. The highest BCUT2D eigenvalue weighted by Gasteiger charge is 2.52. The monoisotopic (exact) mass is 685 g/mol. The molecule has 48 heavy (non-hydrogen) atoms. The standard InChI is InChI=1S/C38H60ClN5O4/c1-36(2,3)42-23-30(26-9-11-27(39)12-10-26)31(24-42)33(46)43-22-29(21-32(43)34(47)41-19-17-40(8)18-20-41)44(35(48)38(6,7)25-45)28-13-15-37(4,5)16-14-28/h9-12,28-32,45H,13-25H2,1-8H3/t29?,30-,31+,32-/m0/s1. The van der Waals surface area contributed by atoms with E-state index in [0.717, 1.165) is 50.9 Å². The van der Waals surface area contributed by atoms with Gasteiger partial charge in [0.25, 0.3) is 0 Å². The van der Waals surface area contributed by atoms with Gasteiger partial charge >= 0.3 is 0 Å². The second-order valence-corrected chi connectivity index (χ2v) is 18.0. The summed E-state index contributed by atoms with van der Waals surface area (Å²) < 4.78 is 0. The lowest BCUT2D eigenvalue weighted by atomic mass is 9.74. The zero-order valence-electron chi connectivity index (χ0n) is 30.7. The topological polar surface area (TPSA) is 87.6 Å². The van der Waals surface area contributed by atoms with Crippen molar-refractivity contribution in [2.24, 2.45) is 16.7 Å². The summed E-state index contributed by atoms with van der Waals surface area (Å²) in [7, 11) is 2.07. The van der Waals surface area contributed by atoms with Crippen molar-refractivity contribution in [3.05, 3.63) is 34.9 Å². The Morgan fingerprint density at radius 1 is 0.896 bits per heavy atom. The second-order valence-electron chi connectivity index (χ2n) is 17.5. The first kappa shape index (κ1) is 37.1. The molecule has 3 amide bonds. The van der Waals surface area contributed by atoms with Crippen molar-refractivity contribution in [1.29, 1.82) is 0 Å². The molecule has 1 N–H and O–H groups in total. The summed E-state index contributed by atoms with van der Waals surface area (Å²) in [6.07, 6.45) is 4.19. The first-order valence-electron chi connectivity index (χ1n) is 18.1. The molecule has 4 aliphatic rings. The predicted molar refractivity (Wildman–Crippen MR) is 191 cm³/mol. The summed E-state index contributed by atoms with van der Waals surface area (Å²) in [5, 5.41) is 11.0. The number of carbonyl (C=O) groups excluding carboxylic acids is 3. The number of carbonyl (C=O) groups is 3. The number of likely N-dealkylation sites (N-methyl/N-ethyl adjacent to an activating group) is 1. The molecule has 0 aromatic heterocycles. The van der Waals surface area contributed by atoms with Gasteiger partial charge < -0.3 is 24.7 Å². The van der Waals surface area contributed by atoms with E-state index in [9.17, 15) is 14.7 Å². The van der Waals surface area contributed by atoms with Gasteiger partial charge in [0.05, 0.1) is 24.0 Å². The van der Waals surface area contributed by atoms with Crippen LogP contribution in [0.15, 0.2) is 24.3 Å². The highest BCUT2D eigenvalue weighted by molar-refractivity contribution is 6.30. The van der Waals surface area contributed by atoms with E-state index in [2.05, 4.69) is 51.5 Å². The van der Waals surface area contributed by atoms with Crippen LogP contribution in [0.4, 0.5) is 0 Å². The number of likely N-dealkylation sites (tertiary alicyclic amines) is 2. The third kappa shape index (κ3) is 7.90. The molecule has 1 unspecified atom stereocenters. The highest BCUT2D eigenvalue weighted by Crippen LogP contribution is 2.42. The maximum Gasteiger partial charge on any atom is 0.245 e. The molecule has 0 spiro atoms. The van der Waals surface area contributed by atoms with Crippen molar-refractivity contribution >= 4 is 29.3 Å². The maximum absolute atomic E-state index is 15.0. The van der Waals surface area contributed by atoms with Gasteiger partial charge in [0.1, 0.15) is 6.04 Å². The fourth-order valence-corrected chi connectivity index (χ4v) is 8.43. The molecule has 1 saturated carbocycles. The van der Waals surface area contributed by atoms with Crippen LogP contribution >= 0.6 is 11.6 Å². The lowest BCUT2D eigenvalue weighted by Gasteiger charge is -2.45. The Hall–Kier alpha value is -2.20. The molecule has 10 heteroatoms. The van der Waals surface area contributed by atoms with Crippen LogP contribution < -0.4 is 0 Å². The summed E-state index contributed by atoms with van der Waals surface area (Å²) in [4.78, 5) is 54.2. The molecule has 3 aliphatic heterocycles. The molecule has 4 atom stereocenters. The number of amides is 3. The molecule has 1 aliphatic carbocycles. The molecule has 1 aromatic carbocycles. The Labute approximate surface area is 293 Å². The largest absolute Gasteiger partial charge is 0.395 e. The van der Waals surface area contributed by atoms with Gasteiger partial charge in [-0.1, -0.05) is 37.6 Å². The van der Waals surface area contributed by atoms with E-state index in [0.29, 0.717) is 37.6 Å². The average Bonchev–Trinajstić information content (AvgIpc) is 3.68. The first-order chi connectivity index (χ1) is 22.4. The molecule has 4 fully saturated rings. The van der Waals surface area contributed by atoms with E-state index in [4.69, 9.17) is 11.6 Å². The van der Waals surface area contributed by atoms with Crippen molar-refractivity contribution < 1.29 is 19.5 Å². The number of hydrogen-bond acceptors (Lipinski definition) is 6. The predicted octanol–water partition coefficient (Wildman–Crippen LogP) is 4.71. The minimum absolute atomic E-state index is 0.00438. The summed E-state index contributed by atoms with van der Waals surface area (Å²) >= 11 is 6.27. The second kappa shape index (κ2) is 14.2. The van der Waals surface area contributed by atoms with Crippen molar-refractivity contribution in [1.82, 2.24) is 24.5 Å². The highest BCUT2D eigenvalue weighted by atomic mass is 35.5. The van der Waals surface area contributed by atoms with E-state index in [1.165, 1.54) is 0 Å². The van der Waals surface area contributed by atoms with Gasteiger partial charge in [-0.05, 0) is 96.9 Å². The molecule has 3 heterocycles. The molecular formula is C38H60ClN5O4. The van der Waals surface area contributed by atoms with Crippen molar-refractivity contribution in [3.63, 3.8) is 0 Å². The van der Waals surface area contributed by atoms with E-state index in [1.807, 2.05) is 39.0 Å². The lowest BCUT2D eigenvalue weighted by Crippen LogP contribution is -2.55. The van der Waals surface area contributed by atoms with Crippen molar-refractivity contribution in [2.75, 3.05) is 59.5 Å². The number of aliphatic hydroxyl groups is 1. The maximum atomic E-state index is 15.0. The average molecular weight is 686 g/mol. The molecule has 9 nitrogen and oxygen atoms in total. The Bertz CT molecular complexity index is 1310. The molecule has 0 bridgehead atoms. The third-order valence-corrected chi connectivity index (χ3v) is 12.1. The van der Waals surface area contributed by atoms with Crippen LogP contribution in [0, 0.1) is 16.7 Å². The van der Waals surface area contributed by atoms with E-state index in [1.54, 1.807) is 13.8 Å². The molecule has 3 saturated heterocycles. The minimum atomic E-state index is -0.959. The van der Waals surface area contributed by atoms with E-state index < -0.39 is 11.5 Å². The van der Waals surface area contributed by atoms with Crippen LogP contribution in [0.2, 0.25) is 5.02 Å². The number of piperazine rings is 1. The molecule has 0 radical (unpaired) electrons. The molecule has 268 valence electrons.